The lowest BCUT2D eigenvalue weighted by molar-refractivity contribution is -0.129. The van der Waals surface area contributed by atoms with Gasteiger partial charge in [-0.15, -0.1) is 11.3 Å². The van der Waals surface area contributed by atoms with Crippen molar-refractivity contribution in [3.8, 4) is 0 Å². The van der Waals surface area contributed by atoms with E-state index in [1.54, 1.807) is 23.1 Å². The van der Waals surface area contributed by atoms with Gasteiger partial charge in [0.2, 0.25) is 5.91 Å². The molecule has 6 heteroatoms. The van der Waals surface area contributed by atoms with Crippen molar-refractivity contribution in [3.05, 3.63) is 47.5 Å². The zero-order valence-electron chi connectivity index (χ0n) is 12.9. The lowest BCUT2D eigenvalue weighted by atomic mass is 10.2. The number of rotatable bonds is 8. The molecule has 1 atom stereocenters. The number of hydrogen-bond acceptors (Lipinski definition) is 5. The second kappa shape index (κ2) is 8.47. The number of hydrogen-bond donors (Lipinski definition) is 0. The van der Waals surface area contributed by atoms with Crippen molar-refractivity contribution in [1.82, 2.24) is 9.88 Å². The minimum atomic E-state index is 0.211. The maximum atomic E-state index is 12.1. The third kappa shape index (κ3) is 4.80. The summed E-state index contributed by atoms with van der Waals surface area (Å²) in [7, 11) is 0. The Morgan fingerprint density at radius 2 is 2.22 bits per heavy atom. The largest absolute Gasteiger partial charge is 0.375 e. The molecule has 0 N–H and O–H groups in total. The van der Waals surface area contributed by atoms with Crippen LogP contribution >= 0.6 is 23.1 Å². The normalized spacial score (nSPS) is 17.8. The number of carbonyl (C=O) groups excluding carboxylic acids is 1. The fourth-order valence-electron chi connectivity index (χ4n) is 2.67. The summed E-state index contributed by atoms with van der Waals surface area (Å²) in [5.41, 5.74) is 1.17. The molecule has 0 bridgehead atoms. The number of likely N-dealkylation sites (tertiary alicyclic amines) is 1. The molecule has 23 heavy (non-hydrogen) atoms. The van der Waals surface area contributed by atoms with E-state index in [-0.39, 0.29) is 11.9 Å². The van der Waals surface area contributed by atoms with Crippen molar-refractivity contribution in [2.75, 3.05) is 18.9 Å². The van der Waals surface area contributed by atoms with Crippen LogP contribution < -0.4 is 0 Å². The molecular weight excluding hydrogens is 328 g/mol. The van der Waals surface area contributed by atoms with Crippen molar-refractivity contribution in [2.24, 2.45) is 0 Å². The fourth-order valence-corrected chi connectivity index (χ4v) is 4.32. The van der Waals surface area contributed by atoms with Gasteiger partial charge in [-0.3, -0.25) is 4.79 Å². The molecule has 0 unspecified atom stereocenters. The second-order valence-corrected chi connectivity index (χ2v) is 7.66. The zero-order valence-corrected chi connectivity index (χ0v) is 14.5. The molecule has 1 aromatic heterocycles. The van der Waals surface area contributed by atoms with Crippen LogP contribution in [-0.4, -0.2) is 40.7 Å². The van der Waals surface area contributed by atoms with Crippen molar-refractivity contribution < 1.29 is 9.53 Å². The van der Waals surface area contributed by atoms with Gasteiger partial charge in [0.25, 0.3) is 0 Å². The van der Waals surface area contributed by atoms with Gasteiger partial charge in [0.05, 0.1) is 19.3 Å². The molecule has 4 nitrogen and oxygen atoms in total. The van der Waals surface area contributed by atoms with Crippen LogP contribution in [-0.2, 0) is 16.1 Å². The second-order valence-electron chi connectivity index (χ2n) is 5.43. The van der Waals surface area contributed by atoms with Crippen molar-refractivity contribution >= 4 is 29.0 Å². The van der Waals surface area contributed by atoms with E-state index in [0.29, 0.717) is 19.6 Å². The number of nitrogens with zero attached hydrogens (tertiary/aromatic N) is 2. The molecule has 0 radical (unpaired) electrons. The number of thiazole rings is 1. The van der Waals surface area contributed by atoms with Gasteiger partial charge < -0.3 is 9.64 Å². The molecule has 2 aromatic rings. The third-order valence-electron chi connectivity index (χ3n) is 3.84. The van der Waals surface area contributed by atoms with Crippen molar-refractivity contribution in [2.45, 2.75) is 29.8 Å². The summed E-state index contributed by atoms with van der Waals surface area (Å²) in [5.74, 6) is 1.13. The number of carbonyl (C=O) groups is 1. The van der Waals surface area contributed by atoms with E-state index in [9.17, 15) is 4.79 Å². The topological polar surface area (TPSA) is 42.4 Å². The van der Waals surface area contributed by atoms with E-state index in [0.717, 1.165) is 23.1 Å². The summed E-state index contributed by atoms with van der Waals surface area (Å²) < 4.78 is 6.89. The van der Waals surface area contributed by atoms with Gasteiger partial charge in [-0.2, -0.15) is 0 Å². The fraction of sp³-hybridized carbons (Fsp3) is 0.412. The summed E-state index contributed by atoms with van der Waals surface area (Å²) in [4.78, 5) is 18.3. The predicted molar refractivity (Wildman–Crippen MR) is 93.7 cm³/mol. The number of ether oxygens (including phenoxy) is 1. The lowest BCUT2D eigenvalue weighted by Gasteiger charge is -2.24. The Bertz CT molecular complexity index is 604. The van der Waals surface area contributed by atoms with Crippen LogP contribution in [0.25, 0.3) is 0 Å². The van der Waals surface area contributed by atoms with E-state index in [4.69, 9.17) is 4.74 Å². The standard InChI is InChI=1S/C17H20N2O2S2/c20-16-7-6-15(13-21-12-14-4-2-1-3-5-14)19(16)9-11-23-17-18-8-10-22-17/h1-5,8,10,15H,6-7,9,11-13H2/t15-/m1/s1. The maximum absolute atomic E-state index is 12.1. The van der Waals surface area contributed by atoms with Gasteiger partial charge in [0.15, 0.2) is 0 Å². The van der Waals surface area contributed by atoms with Gasteiger partial charge in [-0.25, -0.2) is 4.98 Å². The predicted octanol–water partition coefficient (Wildman–Crippen LogP) is 3.44. The molecular formula is C17H20N2O2S2. The first-order valence-electron chi connectivity index (χ1n) is 7.76. The SMILES string of the molecule is O=C1CC[C@H](COCc2ccccc2)N1CCSc1nccs1. The summed E-state index contributed by atoms with van der Waals surface area (Å²) in [6.07, 6.45) is 3.35. The highest BCUT2D eigenvalue weighted by Crippen LogP contribution is 2.23. The molecule has 3 rings (SSSR count). The highest BCUT2D eigenvalue weighted by atomic mass is 32.2. The molecule has 1 aromatic carbocycles. The Hall–Kier alpha value is -1.37. The van der Waals surface area contributed by atoms with Crippen LogP contribution in [0.3, 0.4) is 0 Å². The summed E-state index contributed by atoms with van der Waals surface area (Å²) in [6.45, 7) is 1.98. The molecule has 0 aliphatic carbocycles. The number of thioether (sulfide) groups is 1. The average Bonchev–Trinajstić information content (AvgIpc) is 3.20. The highest BCUT2D eigenvalue weighted by Gasteiger charge is 2.30. The van der Waals surface area contributed by atoms with Crippen LogP contribution in [0.5, 0.6) is 0 Å². The third-order valence-corrected chi connectivity index (χ3v) is 5.79. The average molecular weight is 348 g/mol. The molecule has 2 heterocycles. The van der Waals surface area contributed by atoms with Crippen molar-refractivity contribution in [3.63, 3.8) is 0 Å². The zero-order chi connectivity index (χ0) is 15.9. The molecule has 0 saturated carbocycles. The minimum absolute atomic E-state index is 0.211. The molecule has 1 fully saturated rings. The number of aromatic nitrogens is 1. The van der Waals surface area contributed by atoms with E-state index >= 15 is 0 Å². The Kier molecular flexibility index (Phi) is 6.07. The van der Waals surface area contributed by atoms with Crippen molar-refractivity contribution in [1.29, 1.82) is 0 Å². The van der Waals surface area contributed by atoms with E-state index < -0.39 is 0 Å². The molecule has 1 amide bonds. The summed E-state index contributed by atoms with van der Waals surface area (Å²) >= 11 is 3.35. The van der Waals surface area contributed by atoms with E-state index in [1.807, 2.05) is 34.7 Å². The maximum Gasteiger partial charge on any atom is 0.223 e. The van der Waals surface area contributed by atoms with Gasteiger partial charge in [0.1, 0.15) is 4.34 Å². The molecule has 122 valence electrons. The van der Waals surface area contributed by atoms with E-state index in [1.165, 1.54) is 5.56 Å². The van der Waals surface area contributed by atoms with Gasteiger partial charge >= 0.3 is 0 Å². The van der Waals surface area contributed by atoms with Crippen LogP contribution in [0, 0.1) is 0 Å². The Labute approximate surface area is 144 Å². The Morgan fingerprint density at radius 1 is 1.35 bits per heavy atom. The number of benzene rings is 1. The molecule has 1 saturated heterocycles. The van der Waals surface area contributed by atoms with Crippen LogP contribution in [0.4, 0.5) is 0 Å². The minimum Gasteiger partial charge on any atom is -0.375 e. The van der Waals surface area contributed by atoms with E-state index in [2.05, 4.69) is 17.1 Å². The smallest absolute Gasteiger partial charge is 0.223 e. The first-order valence-corrected chi connectivity index (χ1v) is 9.63. The summed E-state index contributed by atoms with van der Waals surface area (Å²) in [6, 6.07) is 10.4. The molecule has 1 aliphatic heterocycles. The van der Waals surface area contributed by atoms with Crippen LogP contribution in [0.15, 0.2) is 46.2 Å². The summed E-state index contributed by atoms with van der Waals surface area (Å²) in [5, 5.41) is 1.98. The monoisotopic (exact) mass is 348 g/mol. The highest BCUT2D eigenvalue weighted by molar-refractivity contribution is 8.01. The Balaban J connectivity index is 1.43. The van der Waals surface area contributed by atoms with Crippen LogP contribution in [0.2, 0.25) is 0 Å². The van der Waals surface area contributed by atoms with Gasteiger partial charge in [-0.1, -0.05) is 42.1 Å². The Morgan fingerprint density at radius 3 is 3.00 bits per heavy atom. The molecule has 1 aliphatic rings. The first kappa shape index (κ1) is 16.5. The first-order chi connectivity index (χ1) is 11.3. The molecule has 0 spiro atoms. The van der Waals surface area contributed by atoms with Gasteiger partial charge in [-0.05, 0) is 12.0 Å². The quantitative estimate of drug-likeness (QED) is 0.685. The number of amides is 1. The van der Waals surface area contributed by atoms with Crippen LogP contribution in [0.1, 0.15) is 18.4 Å². The van der Waals surface area contributed by atoms with Gasteiger partial charge in [0, 0.05) is 30.3 Å². The lowest BCUT2D eigenvalue weighted by Crippen LogP contribution is -2.37.